The van der Waals surface area contributed by atoms with E-state index in [9.17, 15) is 15.0 Å². The quantitative estimate of drug-likeness (QED) is 0.184. The van der Waals surface area contributed by atoms with Crippen molar-refractivity contribution < 1.29 is 24.2 Å². The van der Waals surface area contributed by atoms with E-state index in [1.54, 1.807) is 29.2 Å². The number of aryl methyl sites for hydroxylation is 1. The van der Waals surface area contributed by atoms with Gasteiger partial charge in [0.05, 0.1) is 22.2 Å². The van der Waals surface area contributed by atoms with Crippen molar-refractivity contribution in [2.24, 2.45) is 4.99 Å². The predicted octanol–water partition coefficient (Wildman–Crippen LogP) is 6.62. The number of anilines is 1. The van der Waals surface area contributed by atoms with Crippen LogP contribution in [0.3, 0.4) is 0 Å². The van der Waals surface area contributed by atoms with Crippen molar-refractivity contribution in [3.05, 3.63) is 63.5 Å². The maximum atomic E-state index is 13.4. The van der Waals surface area contributed by atoms with E-state index >= 15 is 0 Å². The van der Waals surface area contributed by atoms with E-state index in [0.29, 0.717) is 27.9 Å². The molecule has 1 aliphatic rings. The number of hydrogen-bond acceptors (Lipinski definition) is 7. The number of thioether (sulfide) groups is 1. The predicted molar refractivity (Wildman–Crippen MR) is 164 cm³/mol. The Morgan fingerprint density at radius 1 is 1.13 bits per heavy atom. The molecule has 0 aliphatic carbocycles. The summed E-state index contributed by atoms with van der Waals surface area (Å²) in [5.41, 5.74) is 2.51. The van der Waals surface area contributed by atoms with Crippen molar-refractivity contribution in [3.63, 3.8) is 0 Å². The van der Waals surface area contributed by atoms with Gasteiger partial charge in [0.1, 0.15) is 12.4 Å². The number of amidine groups is 1. The van der Waals surface area contributed by atoms with Crippen molar-refractivity contribution in [2.45, 2.75) is 65.0 Å². The van der Waals surface area contributed by atoms with Gasteiger partial charge < -0.3 is 19.4 Å². The van der Waals surface area contributed by atoms with Gasteiger partial charge in [-0.25, -0.2) is 0 Å². The highest BCUT2D eigenvalue weighted by atomic mass is 35.5. The number of nitrogens with zero attached hydrogens (tertiary/aromatic N) is 2. The second-order valence-electron chi connectivity index (χ2n) is 11.2. The molecule has 0 spiro atoms. The van der Waals surface area contributed by atoms with E-state index in [1.165, 1.54) is 11.8 Å². The van der Waals surface area contributed by atoms with Crippen LogP contribution in [0.2, 0.25) is 23.2 Å². The third-order valence-electron chi connectivity index (χ3n) is 6.82. The molecule has 39 heavy (non-hydrogen) atoms. The van der Waals surface area contributed by atoms with E-state index in [4.69, 9.17) is 20.8 Å². The first-order valence-electron chi connectivity index (χ1n) is 13.0. The number of benzene rings is 2. The van der Waals surface area contributed by atoms with Gasteiger partial charge >= 0.3 is 0 Å². The molecule has 3 rings (SSSR count). The van der Waals surface area contributed by atoms with Crippen molar-refractivity contribution in [3.8, 4) is 5.75 Å². The average Bonchev–Trinajstić information content (AvgIpc) is 3.15. The Morgan fingerprint density at radius 3 is 2.44 bits per heavy atom. The van der Waals surface area contributed by atoms with Crippen LogP contribution in [0.15, 0.2) is 52.4 Å². The van der Waals surface area contributed by atoms with E-state index < -0.39 is 20.7 Å². The molecule has 10 heteroatoms. The molecular formula is C29H39ClN2O5SSi. The highest BCUT2D eigenvalue weighted by Gasteiger charge is 2.40. The summed E-state index contributed by atoms with van der Waals surface area (Å²) in [4.78, 5) is 20.3. The molecule has 0 unspecified atom stereocenters. The molecule has 1 aliphatic heterocycles. The van der Waals surface area contributed by atoms with E-state index in [1.807, 2.05) is 51.2 Å². The Labute approximate surface area is 242 Å². The van der Waals surface area contributed by atoms with Gasteiger partial charge in [-0.05, 0) is 78.6 Å². The number of hydrogen-bond donors (Lipinski definition) is 2. The zero-order valence-electron chi connectivity index (χ0n) is 23.7. The van der Waals surface area contributed by atoms with Crippen LogP contribution in [0.1, 0.15) is 45.2 Å². The molecule has 0 saturated carbocycles. The molecule has 2 N–H and O–H groups in total. The van der Waals surface area contributed by atoms with E-state index in [0.717, 1.165) is 17.7 Å². The summed E-state index contributed by atoms with van der Waals surface area (Å²) in [7, 11) is -2.16. The van der Waals surface area contributed by atoms with Crippen LogP contribution in [0.25, 0.3) is 6.08 Å². The molecule has 1 amide bonds. The average molecular weight is 591 g/mol. The van der Waals surface area contributed by atoms with Gasteiger partial charge in [-0.2, -0.15) is 0 Å². The third-order valence-corrected chi connectivity index (χ3v) is 12.6. The first kappa shape index (κ1) is 31.4. The molecule has 0 atom stereocenters. The minimum atomic E-state index is -2.17. The first-order valence-corrected chi connectivity index (χ1v) is 17.1. The Balaban J connectivity index is 1.74. The van der Waals surface area contributed by atoms with Crippen LogP contribution >= 0.6 is 23.4 Å². The summed E-state index contributed by atoms with van der Waals surface area (Å²) in [6.07, 6.45) is 2.65. The van der Waals surface area contributed by atoms with Crippen molar-refractivity contribution in [1.29, 1.82) is 0 Å². The van der Waals surface area contributed by atoms with Crippen LogP contribution in [0.4, 0.5) is 5.69 Å². The Morgan fingerprint density at radius 2 is 1.82 bits per heavy atom. The van der Waals surface area contributed by atoms with Crippen LogP contribution in [0, 0.1) is 6.92 Å². The van der Waals surface area contributed by atoms with Gasteiger partial charge in [-0.3, -0.25) is 14.7 Å². The molecule has 1 fully saturated rings. The molecule has 212 valence electrons. The lowest BCUT2D eigenvalue weighted by atomic mass is 10.1. The molecule has 1 heterocycles. The van der Waals surface area contributed by atoms with Crippen LogP contribution < -0.4 is 9.64 Å². The summed E-state index contributed by atoms with van der Waals surface area (Å²) in [6.45, 7) is 14.3. The van der Waals surface area contributed by atoms with Gasteiger partial charge in [0.25, 0.3) is 5.91 Å². The summed E-state index contributed by atoms with van der Waals surface area (Å²) in [6, 6.07) is 12.8. The lowest BCUT2D eigenvalue weighted by molar-refractivity contribution is -0.200. The number of carbonyl (C=O) groups is 1. The van der Waals surface area contributed by atoms with Gasteiger partial charge in [-0.1, -0.05) is 63.6 Å². The standard InChI is InChI=1S/C29H39ClN2O5SSi/c1-8-15-31-27-32(23-12-10-9-11-20(23)2)26(33)25(38-27)17-21-13-14-24(22(30)16-21)36-18-29(34,35)19-37-39(6,7)28(3,4)5/h9-14,16-17,34-35H,8,15,18-19H2,1-7H3/b25-17-,31-27?. The Bertz CT molecular complexity index is 1260. The van der Waals surface area contributed by atoms with Gasteiger partial charge in [0.2, 0.25) is 5.79 Å². The normalized spacial score (nSPS) is 17.0. The number of amides is 1. The number of halogens is 1. The summed E-state index contributed by atoms with van der Waals surface area (Å²) in [5, 5.41) is 21.7. The van der Waals surface area contributed by atoms with Crippen LogP contribution in [-0.2, 0) is 9.22 Å². The molecule has 1 saturated heterocycles. The topological polar surface area (TPSA) is 91.6 Å². The second-order valence-corrected chi connectivity index (χ2v) is 17.4. The highest BCUT2D eigenvalue weighted by molar-refractivity contribution is 8.19. The van der Waals surface area contributed by atoms with Crippen LogP contribution in [-0.4, -0.2) is 55.2 Å². The monoisotopic (exact) mass is 590 g/mol. The molecule has 0 aromatic heterocycles. The highest BCUT2D eigenvalue weighted by Crippen LogP contribution is 2.39. The Kier molecular flexibility index (Phi) is 10.1. The third kappa shape index (κ3) is 7.96. The lowest BCUT2D eigenvalue weighted by Gasteiger charge is -2.38. The van der Waals surface area contributed by atoms with Gasteiger partial charge in [0.15, 0.2) is 13.5 Å². The first-order chi connectivity index (χ1) is 18.1. The number of aliphatic hydroxyl groups is 2. The maximum absolute atomic E-state index is 13.4. The smallest absolute Gasteiger partial charge is 0.271 e. The summed E-state index contributed by atoms with van der Waals surface area (Å²) in [5.74, 6) is -2.01. The van der Waals surface area contributed by atoms with E-state index in [2.05, 4.69) is 25.8 Å². The summed E-state index contributed by atoms with van der Waals surface area (Å²) >= 11 is 7.80. The Hall–Kier alpha value is -2.14. The number of aliphatic imine (C=N–C) groups is 1. The fourth-order valence-electron chi connectivity index (χ4n) is 3.44. The summed E-state index contributed by atoms with van der Waals surface area (Å²) < 4.78 is 11.6. The lowest BCUT2D eigenvalue weighted by Crippen LogP contribution is -2.48. The zero-order valence-corrected chi connectivity index (χ0v) is 26.3. The molecule has 2 aromatic rings. The molecule has 0 bridgehead atoms. The molecule has 7 nitrogen and oxygen atoms in total. The van der Waals surface area contributed by atoms with E-state index in [-0.39, 0.29) is 22.6 Å². The minimum Gasteiger partial charge on any atom is -0.486 e. The largest absolute Gasteiger partial charge is 0.486 e. The van der Waals surface area contributed by atoms with Gasteiger partial charge in [0, 0.05) is 6.54 Å². The zero-order chi connectivity index (χ0) is 29.0. The second kappa shape index (κ2) is 12.6. The van der Waals surface area contributed by atoms with Crippen molar-refractivity contribution in [2.75, 3.05) is 24.7 Å². The van der Waals surface area contributed by atoms with Crippen molar-refractivity contribution in [1.82, 2.24) is 0 Å². The number of para-hydroxylation sites is 1. The van der Waals surface area contributed by atoms with Crippen LogP contribution in [0.5, 0.6) is 5.75 Å². The fraction of sp³-hybridized carbons (Fsp3) is 0.448. The fourth-order valence-corrected chi connectivity index (χ4v) is 5.70. The number of carbonyl (C=O) groups excluding carboxylic acids is 1. The minimum absolute atomic E-state index is 0.0594. The SMILES string of the molecule is CCCN=C1S/C(=C\c2ccc(OCC(O)(O)CO[Si](C)(C)C(C)(C)C)c(Cl)c2)C(=O)N1c1ccccc1C. The molecule has 0 radical (unpaired) electrons. The molecular weight excluding hydrogens is 552 g/mol. The van der Waals surface area contributed by atoms with Gasteiger partial charge in [-0.15, -0.1) is 0 Å². The van der Waals surface area contributed by atoms with Crippen molar-refractivity contribution >= 4 is 54.5 Å². The number of ether oxygens (including phenoxy) is 1. The molecule has 2 aromatic carbocycles. The number of rotatable bonds is 10. The maximum Gasteiger partial charge on any atom is 0.271 e.